The van der Waals surface area contributed by atoms with Crippen LogP contribution in [-0.2, 0) is 4.79 Å². The largest absolute Gasteiger partial charge is 0.481 e. The molecule has 108 valence electrons. The van der Waals surface area contributed by atoms with Crippen LogP contribution in [0, 0.1) is 9.39 Å². The summed E-state index contributed by atoms with van der Waals surface area (Å²) in [6.45, 7) is 0.543. The monoisotopic (exact) mass is 392 g/mol. The first-order valence-corrected chi connectivity index (χ1v) is 7.29. The number of carboxylic acid groups (broad SMARTS) is 1. The van der Waals surface area contributed by atoms with E-state index in [1.54, 1.807) is 0 Å². The van der Waals surface area contributed by atoms with Crippen LogP contribution in [0.15, 0.2) is 18.2 Å². The average molecular weight is 392 g/mol. The predicted molar refractivity (Wildman–Crippen MR) is 80.1 cm³/mol. The van der Waals surface area contributed by atoms with Gasteiger partial charge < -0.3 is 15.3 Å². The topological polar surface area (TPSA) is 69.6 Å². The number of amides is 2. The molecule has 0 spiro atoms. The summed E-state index contributed by atoms with van der Waals surface area (Å²) in [5.74, 6) is -1.27. The Hall–Kier alpha value is -1.38. The molecule has 0 saturated carbocycles. The van der Waals surface area contributed by atoms with Crippen molar-refractivity contribution in [1.29, 1.82) is 0 Å². The summed E-state index contributed by atoms with van der Waals surface area (Å²) >= 11 is 1.94. The fourth-order valence-electron chi connectivity index (χ4n) is 2.29. The van der Waals surface area contributed by atoms with E-state index in [1.807, 2.05) is 22.6 Å². The van der Waals surface area contributed by atoms with Gasteiger partial charge in [0.15, 0.2) is 0 Å². The minimum Gasteiger partial charge on any atom is -0.481 e. The van der Waals surface area contributed by atoms with Gasteiger partial charge in [0.05, 0.1) is 12.1 Å². The van der Waals surface area contributed by atoms with E-state index in [0.717, 1.165) is 6.42 Å². The van der Waals surface area contributed by atoms with E-state index in [0.29, 0.717) is 22.2 Å². The van der Waals surface area contributed by atoms with Gasteiger partial charge >= 0.3 is 12.0 Å². The molecule has 20 heavy (non-hydrogen) atoms. The number of nitrogens with one attached hydrogen (secondary N) is 1. The predicted octanol–water partition coefficient (Wildman–Crippen LogP) is 2.90. The Morgan fingerprint density at radius 1 is 1.50 bits per heavy atom. The third-order valence-corrected chi connectivity index (χ3v) is 4.11. The van der Waals surface area contributed by atoms with Crippen LogP contribution in [0.25, 0.3) is 0 Å². The summed E-state index contributed by atoms with van der Waals surface area (Å²) in [7, 11) is 0. The Morgan fingerprint density at radius 3 is 2.90 bits per heavy atom. The zero-order valence-electron chi connectivity index (χ0n) is 10.6. The molecule has 1 unspecified atom stereocenters. The molecule has 2 N–H and O–H groups in total. The zero-order valence-corrected chi connectivity index (χ0v) is 12.8. The van der Waals surface area contributed by atoms with Crippen molar-refractivity contribution in [2.75, 3.05) is 11.9 Å². The van der Waals surface area contributed by atoms with Gasteiger partial charge in [-0.2, -0.15) is 0 Å². The number of halogens is 2. The molecule has 2 rings (SSSR count). The maximum atomic E-state index is 13.0. The molecule has 1 saturated heterocycles. The van der Waals surface area contributed by atoms with Crippen LogP contribution in [0.1, 0.15) is 19.3 Å². The number of hydrogen-bond acceptors (Lipinski definition) is 2. The lowest BCUT2D eigenvalue weighted by Gasteiger charge is -2.24. The number of carboxylic acids is 1. The van der Waals surface area contributed by atoms with Crippen molar-refractivity contribution >= 4 is 40.3 Å². The SMILES string of the molecule is O=C(O)CC1CCCN1C(=O)Nc1ccc(F)cc1I. The van der Waals surface area contributed by atoms with Crippen molar-refractivity contribution in [3.63, 3.8) is 0 Å². The molecule has 0 radical (unpaired) electrons. The molecule has 0 bridgehead atoms. The summed E-state index contributed by atoms with van der Waals surface area (Å²) in [5, 5.41) is 11.5. The van der Waals surface area contributed by atoms with Gasteiger partial charge in [0.2, 0.25) is 0 Å². The van der Waals surface area contributed by atoms with E-state index in [2.05, 4.69) is 5.32 Å². The molecule has 1 atom stereocenters. The van der Waals surface area contributed by atoms with E-state index < -0.39 is 5.97 Å². The molecule has 1 heterocycles. The fourth-order valence-corrected chi connectivity index (χ4v) is 2.91. The van der Waals surface area contributed by atoms with Gasteiger partial charge in [-0.3, -0.25) is 4.79 Å². The van der Waals surface area contributed by atoms with Crippen LogP contribution in [0.4, 0.5) is 14.9 Å². The Labute approximate surface area is 129 Å². The molecule has 1 aromatic carbocycles. The first-order valence-electron chi connectivity index (χ1n) is 6.22. The maximum Gasteiger partial charge on any atom is 0.322 e. The number of aliphatic carboxylic acids is 1. The zero-order chi connectivity index (χ0) is 14.7. The Balaban J connectivity index is 2.05. The Morgan fingerprint density at radius 2 is 2.25 bits per heavy atom. The molecule has 1 aliphatic heterocycles. The van der Waals surface area contributed by atoms with Crippen LogP contribution < -0.4 is 5.32 Å². The highest BCUT2D eigenvalue weighted by Gasteiger charge is 2.30. The molecule has 1 aromatic rings. The molecular weight excluding hydrogens is 378 g/mol. The van der Waals surface area contributed by atoms with Crippen molar-refractivity contribution in [2.24, 2.45) is 0 Å². The molecule has 1 aliphatic rings. The molecule has 0 aliphatic carbocycles. The third kappa shape index (κ3) is 3.59. The van der Waals surface area contributed by atoms with Gasteiger partial charge in [0.25, 0.3) is 0 Å². The minimum atomic E-state index is -0.911. The highest BCUT2D eigenvalue weighted by molar-refractivity contribution is 14.1. The summed E-state index contributed by atoms with van der Waals surface area (Å²) in [6, 6.07) is 3.49. The van der Waals surface area contributed by atoms with E-state index in [-0.39, 0.29) is 24.3 Å². The number of carbonyl (C=O) groups is 2. The summed E-state index contributed by atoms with van der Waals surface area (Å²) in [4.78, 5) is 24.5. The highest BCUT2D eigenvalue weighted by atomic mass is 127. The van der Waals surface area contributed by atoms with Crippen molar-refractivity contribution in [2.45, 2.75) is 25.3 Å². The number of rotatable bonds is 3. The second kappa shape index (κ2) is 6.38. The Bertz CT molecular complexity index is 538. The van der Waals surface area contributed by atoms with Gasteiger partial charge in [0.1, 0.15) is 5.82 Å². The molecular formula is C13H14FIN2O3. The van der Waals surface area contributed by atoms with Crippen molar-refractivity contribution < 1.29 is 19.1 Å². The molecule has 5 nitrogen and oxygen atoms in total. The van der Waals surface area contributed by atoms with E-state index in [9.17, 15) is 14.0 Å². The second-order valence-corrected chi connectivity index (χ2v) is 5.80. The van der Waals surface area contributed by atoms with Gasteiger partial charge in [-0.1, -0.05) is 0 Å². The van der Waals surface area contributed by atoms with Crippen LogP contribution >= 0.6 is 22.6 Å². The van der Waals surface area contributed by atoms with E-state index >= 15 is 0 Å². The average Bonchev–Trinajstić information content (AvgIpc) is 2.80. The number of hydrogen-bond donors (Lipinski definition) is 2. The lowest BCUT2D eigenvalue weighted by Crippen LogP contribution is -2.39. The van der Waals surface area contributed by atoms with E-state index in [1.165, 1.54) is 23.1 Å². The summed E-state index contributed by atoms with van der Waals surface area (Å²) in [6.07, 6.45) is 1.44. The molecule has 7 heteroatoms. The van der Waals surface area contributed by atoms with Crippen LogP contribution in [0.3, 0.4) is 0 Å². The number of carbonyl (C=O) groups excluding carboxylic acids is 1. The van der Waals surface area contributed by atoms with Crippen LogP contribution in [-0.4, -0.2) is 34.6 Å². The quantitative estimate of drug-likeness (QED) is 0.778. The maximum absolute atomic E-state index is 13.0. The smallest absolute Gasteiger partial charge is 0.322 e. The first kappa shape index (κ1) is 15.0. The number of anilines is 1. The van der Waals surface area contributed by atoms with Gasteiger partial charge in [-0.25, -0.2) is 9.18 Å². The summed E-state index contributed by atoms with van der Waals surface area (Å²) in [5.41, 5.74) is 0.526. The van der Waals surface area contributed by atoms with Gasteiger partial charge in [0, 0.05) is 16.2 Å². The number of nitrogens with zero attached hydrogens (tertiary/aromatic N) is 1. The molecule has 2 amide bonds. The normalized spacial score (nSPS) is 18.1. The fraction of sp³-hybridized carbons (Fsp3) is 0.385. The van der Waals surface area contributed by atoms with Crippen LogP contribution in [0.5, 0.6) is 0 Å². The van der Waals surface area contributed by atoms with Crippen LogP contribution in [0.2, 0.25) is 0 Å². The third-order valence-electron chi connectivity index (χ3n) is 3.22. The van der Waals surface area contributed by atoms with Gasteiger partial charge in [-0.15, -0.1) is 0 Å². The van der Waals surface area contributed by atoms with Crippen molar-refractivity contribution in [1.82, 2.24) is 4.90 Å². The molecule has 0 aromatic heterocycles. The minimum absolute atomic E-state index is 0.0477. The van der Waals surface area contributed by atoms with E-state index in [4.69, 9.17) is 5.11 Å². The Kier molecular flexibility index (Phi) is 4.79. The molecule has 1 fully saturated rings. The number of likely N-dealkylation sites (tertiary alicyclic amines) is 1. The lowest BCUT2D eigenvalue weighted by molar-refractivity contribution is -0.137. The summed E-state index contributed by atoms with van der Waals surface area (Å²) < 4.78 is 13.6. The first-order chi connectivity index (χ1) is 9.47. The van der Waals surface area contributed by atoms with Gasteiger partial charge in [-0.05, 0) is 53.6 Å². The standard InChI is InChI=1S/C13H14FIN2O3/c14-8-3-4-11(10(15)6-8)16-13(20)17-5-1-2-9(17)7-12(18)19/h3-4,6,9H,1-2,5,7H2,(H,16,20)(H,18,19). The van der Waals surface area contributed by atoms with Crippen molar-refractivity contribution in [3.05, 3.63) is 27.6 Å². The number of benzene rings is 1. The second-order valence-electron chi connectivity index (χ2n) is 4.64. The van der Waals surface area contributed by atoms with Crippen molar-refractivity contribution in [3.8, 4) is 0 Å². The highest BCUT2D eigenvalue weighted by Crippen LogP contribution is 2.23. The lowest BCUT2D eigenvalue weighted by atomic mass is 10.1. The number of urea groups is 1.